The van der Waals surface area contributed by atoms with Crippen LogP contribution in [0.1, 0.15) is 50.2 Å². The van der Waals surface area contributed by atoms with Gasteiger partial charge < -0.3 is 26.4 Å². The molecule has 5 N–H and O–H groups in total. The lowest BCUT2D eigenvalue weighted by Crippen LogP contribution is -2.33. The summed E-state index contributed by atoms with van der Waals surface area (Å²) in [5.41, 5.74) is 15.1. The number of nitrogen functional groups attached to an aromatic ring is 1. The maximum atomic E-state index is 6.16. The highest BCUT2D eigenvalue weighted by Crippen LogP contribution is 2.39. The van der Waals surface area contributed by atoms with Gasteiger partial charge in [-0.15, -0.1) is 0 Å². The van der Waals surface area contributed by atoms with Gasteiger partial charge in [0.15, 0.2) is 11.6 Å². The molecule has 0 unspecified atom stereocenters. The van der Waals surface area contributed by atoms with Crippen molar-refractivity contribution in [3.63, 3.8) is 0 Å². The maximum Gasteiger partial charge on any atom is 0.320 e. The van der Waals surface area contributed by atoms with Crippen LogP contribution in [-0.4, -0.2) is 41.1 Å². The van der Waals surface area contributed by atoms with Crippen LogP contribution in [0.2, 0.25) is 0 Å². The molecule has 178 valence electrons. The number of nitrogens with two attached hydrogens (primary N) is 2. The first kappa shape index (κ1) is 23.3. The molecule has 0 radical (unpaired) electrons. The molecule has 1 saturated heterocycles. The van der Waals surface area contributed by atoms with Crippen molar-refractivity contribution in [2.45, 2.75) is 52.1 Å². The van der Waals surface area contributed by atoms with Crippen molar-refractivity contribution in [2.75, 3.05) is 42.2 Å². The molecule has 0 spiro atoms. The van der Waals surface area contributed by atoms with E-state index in [1.807, 2.05) is 4.90 Å². The minimum atomic E-state index is 0.312. The van der Waals surface area contributed by atoms with Crippen LogP contribution in [0, 0.1) is 5.92 Å². The van der Waals surface area contributed by atoms with E-state index in [0.29, 0.717) is 36.5 Å². The normalized spacial score (nSPS) is 16.7. The molecule has 4 rings (SSSR count). The molecular weight excluding hydrogens is 414 g/mol. The van der Waals surface area contributed by atoms with Gasteiger partial charge in [-0.05, 0) is 62.4 Å². The predicted molar refractivity (Wildman–Crippen MR) is 134 cm³/mol. The summed E-state index contributed by atoms with van der Waals surface area (Å²) in [5, 5.41) is 3.22. The minimum Gasteiger partial charge on any atom is -0.463 e. The quantitative estimate of drug-likeness (QED) is 0.470. The number of hydrogen-bond donors (Lipinski definition) is 3. The SMILES string of the molecule is C=C1Nc2c(N)nc(OCCCC)nc2N1Cc1ccc(CN2CCC(CCN)CC2)cc1. The fraction of sp³-hybridized carbons (Fsp3) is 0.520. The monoisotopic (exact) mass is 451 g/mol. The van der Waals surface area contributed by atoms with Gasteiger partial charge >= 0.3 is 6.01 Å². The van der Waals surface area contributed by atoms with Crippen LogP contribution in [0.15, 0.2) is 36.7 Å². The van der Waals surface area contributed by atoms with Crippen LogP contribution in [0.4, 0.5) is 17.3 Å². The van der Waals surface area contributed by atoms with Gasteiger partial charge in [-0.1, -0.05) is 44.2 Å². The van der Waals surface area contributed by atoms with Crippen molar-refractivity contribution >= 4 is 17.3 Å². The van der Waals surface area contributed by atoms with E-state index in [1.165, 1.54) is 24.0 Å². The second-order valence-electron chi connectivity index (χ2n) is 9.06. The van der Waals surface area contributed by atoms with Crippen LogP contribution < -0.4 is 26.4 Å². The van der Waals surface area contributed by atoms with Crippen molar-refractivity contribution in [2.24, 2.45) is 11.7 Å². The summed E-state index contributed by atoms with van der Waals surface area (Å²) in [5.74, 6) is 2.62. The molecule has 1 aromatic heterocycles. The third-order valence-electron chi connectivity index (χ3n) is 6.53. The van der Waals surface area contributed by atoms with Crippen LogP contribution >= 0.6 is 0 Å². The van der Waals surface area contributed by atoms with E-state index in [2.05, 4.69) is 58.0 Å². The Kier molecular flexibility index (Phi) is 7.67. The average molecular weight is 452 g/mol. The Bertz CT molecular complexity index is 939. The molecule has 8 heteroatoms. The first-order valence-corrected chi connectivity index (χ1v) is 12.1. The molecule has 0 saturated carbocycles. The maximum absolute atomic E-state index is 6.16. The van der Waals surface area contributed by atoms with Gasteiger partial charge in [0.2, 0.25) is 0 Å². The number of anilines is 3. The van der Waals surface area contributed by atoms with Crippen molar-refractivity contribution in [3.8, 4) is 6.01 Å². The summed E-state index contributed by atoms with van der Waals surface area (Å²) in [7, 11) is 0. The number of nitrogens with zero attached hydrogens (tertiary/aromatic N) is 4. The molecule has 3 heterocycles. The lowest BCUT2D eigenvalue weighted by molar-refractivity contribution is 0.173. The molecule has 0 atom stereocenters. The summed E-state index contributed by atoms with van der Waals surface area (Å²) in [6.07, 6.45) is 5.67. The Labute approximate surface area is 197 Å². The number of benzene rings is 1. The average Bonchev–Trinajstić information content (AvgIpc) is 3.12. The number of aromatic nitrogens is 2. The molecule has 2 aliphatic heterocycles. The van der Waals surface area contributed by atoms with Crippen LogP contribution in [0.3, 0.4) is 0 Å². The van der Waals surface area contributed by atoms with Gasteiger partial charge in [-0.3, -0.25) is 4.90 Å². The highest BCUT2D eigenvalue weighted by Gasteiger charge is 2.28. The lowest BCUT2D eigenvalue weighted by Gasteiger charge is -2.31. The van der Waals surface area contributed by atoms with Gasteiger partial charge in [0, 0.05) is 6.54 Å². The smallest absolute Gasteiger partial charge is 0.320 e. The molecule has 0 aliphatic carbocycles. The van der Waals surface area contributed by atoms with Crippen LogP contribution in [0.5, 0.6) is 6.01 Å². The number of likely N-dealkylation sites (tertiary alicyclic amines) is 1. The Morgan fingerprint density at radius 3 is 2.48 bits per heavy atom. The predicted octanol–water partition coefficient (Wildman–Crippen LogP) is 3.70. The zero-order valence-corrected chi connectivity index (χ0v) is 19.7. The van der Waals surface area contributed by atoms with E-state index < -0.39 is 0 Å². The van der Waals surface area contributed by atoms with Crippen molar-refractivity contribution in [1.29, 1.82) is 0 Å². The number of ether oxygens (including phenoxy) is 1. The summed E-state index contributed by atoms with van der Waals surface area (Å²) in [4.78, 5) is 13.5. The molecule has 2 aliphatic rings. The van der Waals surface area contributed by atoms with Crippen molar-refractivity contribution in [3.05, 3.63) is 47.8 Å². The van der Waals surface area contributed by atoms with E-state index in [-0.39, 0.29) is 0 Å². The Morgan fingerprint density at radius 2 is 1.82 bits per heavy atom. The highest BCUT2D eigenvalue weighted by atomic mass is 16.5. The fourth-order valence-electron chi connectivity index (χ4n) is 4.50. The topological polar surface area (TPSA) is 106 Å². The molecule has 0 amide bonds. The first-order chi connectivity index (χ1) is 16.1. The summed E-state index contributed by atoms with van der Waals surface area (Å²) < 4.78 is 5.70. The molecule has 1 fully saturated rings. The van der Waals surface area contributed by atoms with E-state index in [1.54, 1.807) is 0 Å². The van der Waals surface area contributed by atoms with E-state index in [4.69, 9.17) is 16.2 Å². The number of fused-ring (bicyclic) bond motifs is 1. The van der Waals surface area contributed by atoms with E-state index >= 15 is 0 Å². The van der Waals surface area contributed by atoms with E-state index in [0.717, 1.165) is 57.2 Å². The summed E-state index contributed by atoms with van der Waals surface area (Å²) in [6, 6.07) is 9.13. The first-order valence-electron chi connectivity index (χ1n) is 12.1. The lowest BCUT2D eigenvalue weighted by atomic mass is 9.93. The number of unbranched alkanes of at least 4 members (excludes halogenated alkanes) is 1. The second kappa shape index (κ2) is 10.9. The third kappa shape index (κ3) is 5.75. The third-order valence-corrected chi connectivity index (χ3v) is 6.53. The number of piperidine rings is 1. The summed E-state index contributed by atoms with van der Waals surface area (Å²) >= 11 is 0. The zero-order valence-electron chi connectivity index (χ0n) is 19.7. The Morgan fingerprint density at radius 1 is 1.12 bits per heavy atom. The number of nitrogens with one attached hydrogen (secondary N) is 1. The molecule has 8 nitrogen and oxygen atoms in total. The highest BCUT2D eigenvalue weighted by molar-refractivity contribution is 5.85. The zero-order chi connectivity index (χ0) is 23.2. The molecular formula is C25H37N7O. The van der Waals surface area contributed by atoms with Gasteiger partial charge in [0.25, 0.3) is 0 Å². The molecule has 0 bridgehead atoms. The van der Waals surface area contributed by atoms with Crippen LogP contribution in [0.25, 0.3) is 0 Å². The number of hydrogen-bond acceptors (Lipinski definition) is 8. The largest absolute Gasteiger partial charge is 0.463 e. The second-order valence-corrected chi connectivity index (χ2v) is 9.06. The van der Waals surface area contributed by atoms with Gasteiger partial charge in [0.1, 0.15) is 11.5 Å². The van der Waals surface area contributed by atoms with Crippen molar-refractivity contribution < 1.29 is 4.74 Å². The molecule has 1 aromatic carbocycles. The Balaban J connectivity index is 1.38. The standard InChI is InChI=1S/C25H37N7O/c1-3-4-15-33-25-29-23(27)22-24(30-25)32(18(2)28-22)17-21-7-5-20(6-8-21)16-31-13-10-19(9-12-26)11-14-31/h5-8,19,28H,2-4,9-17,26H2,1H3,(H2,27,29,30). The number of rotatable bonds is 10. The van der Waals surface area contributed by atoms with Gasteiger partial charge in [-0.25, -0.2) is 0 Å². The van der Waals surface area contributed by atoms with Crippen LogP contribution in [-0.2, 0) is 13.1 Å². The summed E-state index contributed by atoms with van der Waals surface area (Å²) in [6.45, 7) is 11.6. The van der Waals surface area contributed by atoms with Gasteiger partial charge in [0.05, 0.1) is 13.2 Å². The Hall–Kier alpha value is -2.84. The molecule has 33 heavy (non-hydrogen) atoms. The van der Waals surface area contributed by atoms with Crippen molar-refractivity contribution in [1.82, 2.24) is 14.9 Å². The fourth-order valence-corrected chi connectivity index (χ4v) is 4.50. The van der Waals surface area contributed by atoms with Gasteiger partial charge in [-0.2, -0.15) is 9.97 Å². The van der Waals surface area contributed by atoms with E-state index in [9.17, 15) is 0 Å². The minimum absolute atomic E-state index is 0.312. The molecule has 2 aromatic rings.